The molecule has 1 amide bonds. The molecule has 1 fully saturated rings. The van der Waals surface area contributed by atoms with Gasteiger partial charge in [0.05, 0.1) is 6.61 Å². The maximum absolute atomic E-state index is 13.1. The van der Waals surface area contributed by atoms with Crippen LogP contribution in [0.1, 0.15) is 64.7 Å². The van der Waals surface area contributed by atoms with Crippen LogP contribution in [0, 0.1) is 5.92 Å². The number of ether oxygens (including phenoxy) is 1. The third-order valence-corrected chi connectivity index (χ3v) is 7.19. The van der Waals surface area contributed by atoms with Crippen molar-refractivity contribution in [1.29, 1.82) is 0 Å². The highest BCUT2D eigenvalue weighted by atomic mass is 32.2. The second kappa shape index (κ2) is 12.5. The predicted molar refractivity (Wildman–Crippen MR) is 136 cm³/mol. The number of aromatic amines is 1. The van der Waals surface area contributed by atoms with Gasteiger partial charge in [-0.05, 0) is 74.8 Å². The minimum atomic E-state index is -1.10. The minimum absolute atomic E-state index is 0.0429. The molecule has 1 heterocycles. The number of carbonyl (C=O) groups is 1. The van der Waals surface area contributed by atoms with Gasteiger partial charge >= 0.3 is 0 Å². The number of H-pyrrole nitrogens is 1. The first-order valence-corrected chi connectivity index (χ1v) is 13.6. The number of fused-ring (bicyclic) bond motifs is 1. The van der Waals surface area contributed by atoms with E-state index in [1.54, 1.807) is 29.7 Å². The van der Waals surface area contributed by atoms with Crippen molar-refractivity contribution in [2.75, 3.05) is 25.2 Å². The first kappa shape index (κ1) is 25.6. The predicted octanol–water partition coefficient (Wildman–Crippen LogP) is 4.95. The Hall–Kier alpha value is -1.99. The number of aromatic nitrogens is 1. The van der Waals surface area contributed by atoms with Gasteiger partial charge in [0.15, 0.2) is 0 Å². The second-order valence-electron chi connectivity index (χ2n) is 9.35. The molecule has 0 saturated heterocycles. The standard InChI is InChI=1S/C26H38N2O4S/c1-26(31,15-17-33-2)28(19-20-8-4-3-5-9-20)25(30)10-6-7-16-32-22-12-13-23-21(18-22)11-14-24(29)27-23/h11-14,18,20,31H,3-10,15-17,19H2,1-2H3,(H,27,29). The van der Waals surface area contributed by atoms with Crippen molar-refractivity contribution in [3.05, 3.63) is 40.7 Å². The lowest BCUT2D eigenvalue weighted by Crippen LogP contribution is -2.52. The molecule has 3 rings (SSSR count). The number of unbranched alkanes of at least 4 members (excludes halogenated alkanes) is 1. The third-order valence-electron chi connectivity index (χ3n) is 6.58. The maximum atomic E-state index is 13.1. The van der Waals surface area contributed by atoms with E-state index in [0.29, 0.717) is 31.9 Å². The van der Waals surface area contributed by atoms with Crippen molar-refractivity contribution >= 4 is 28.6 Å². The van der Waals surface area contributed by atoms with Gasteiger partial charge in [-0.3, -0.25) is 9.59 Å². The van der Waals surface area contributed by atoms with Gasteiger partial charge in [0.25, 0.3) is 0 Å². The Labute approximate surface area is 201 Å². The van der Waals surface area contributed by atoms with Gasteiger partial charge in [0, 0.05) is 36.4 Å². The van der Waals surface area contributed by atoms with Gasteiger partial charge in [-0.2, -0.15) is 11.8 Å². The van der Waals surface area contributed by atoms with Crippen molar-refractivity contribution in [3.8, 4) is 5.75 Å². The highest BCUT2D eigenvalue weighted by Crippen LogP contribution is 2.29. The highest BCUT2D eigenvalue weighted by molar-refractivity contribution is 7.98. The molecule has 0 aliphatic heterocycles. The first-order valence-electron chi connectivity index (χ1n) is 12.2. The lowest BCUT2D eigenvalue weighted by atomic mass is 9.88. The van der Waals surface area contributed by atoms with E-state index in [2.05, 4.69) is 4.98 Å². The molecule has 0 radical (unpaired) electrons. The van der Waals surface area contributed by atoms with Crippen molar-refractivity contribution in [2.24, 2.45) is 5.92 Å². The number of rotatable bonds is 12. The fourth-order valence-electron chi connectivity index (χ4n) is 4.55. The summed E-state index contributed by atoms with van der Waals surface area (Å²) in [5.74, 6) is 2.12. The number of carbonyl (C=O) groups excluding carboxylic acids is 1. The van der Waals surface area contributed by atoms with E-state index in [-0.39, 0.29) is 11.5 Å². The van der Waals surface area contributed by atoms with E-state index in [0.717, 1.165) is 48.1 Å². The Bertz CT molecular complexity index is 953. The lowest BCUT2D eigenvalue weighted by molar-refractivity contribution is -0.159. The lowest BCUT2D eigenvalue weighted by Gasteiger charge is -2.40. The Morgan fingerprint density at radius 1 is 1.21 bits per heavy atom. The molecule has 1 unspecified atom stereocenters. The van der Waals surface area contributed by atoms with Crippen LogP contribution in [0.5, 0.6) is 5.75 Å². The van der Waals surface area contributed by atoms with Gasteiger partial charge in [0.1, 0.15) is 11.5 Å². The van der Waals surface area contributed by atoms with Crippen LogP contribution < -0.4 is 10.3 Å². The number of nitrogens with one attached hydrogen (secondary N) is 1. The van der Waals surface area contributed by atoms with Gasteiger partial charge < -0.3 is 19.7 Å². The molecule has 6 nitrogen and oxygen atoms in total. The van der Waals surface area contributed by atoms with E-state index < -0.39 is 5.72 Å². The fraction of sp³-hybridized carbons (Fsp3) is 0.615. The van der Waals surface area contributed by atoms with Gasteiger partial charge in [-0.15, -0.1) is 0 Å². The summed E-state index contributed by atoms with van der Waals surface area (Å²) in [5, 5.41) is 12.0. The van der Waals surface area contributed by atoms with Crippen LogP contribution in [-0.4, -0.2) is 51.8 Å². The minimum Gasteiger partial charge on any atom is -0.494 e. The Balaban J connectivity index is 1.49. The van der Waals surface area contributed by atoms with Crippen LogP contribution in [0.25, 0.3) is 10.9 Å². The van der Waals surface area contributed by atoms with Gasteiger partial charge in [-0.1, -0.05) is 19.3 Å². The van der Waals surface area contributed by atoms with Crippen molar-refractivity contribution in [1.82, 2.24) is 9.88 Å². The summed E-state index contributed by atoms with van der Waals surface area (Å²) >= 11 is 1.70. The number of pyridine rings is 1. The summed E-state index contributed by atoms with van der Waals surface area (Å²) in [4.78, 5) is 29.1. The maximum Gasteiger partial charge on any atom is 0.248 e. The average Bonchev–Trinajstić information content (AvgIpc) is 2.81. The molecule has 0 bridgehead atoms. The molecule has 2 aromatic rings. The number of nitrogens with zero attached hydrogens (tertiary/aromatic N) is 1. The van der Waals surface area contributed by atoms with Crippen LogP contribution in [0.3, 0.4) is 0 Å². The van der Waals surface area contributed by atoms with Crippen LogP contribution in [-0.2, 0) is 4.79 Å². The zero-order valence-corrected chi connectivity index (χ0v) is 20.8. The van der Waals surface area contributed by atoms with Crippen LogP contribution in [0.15, 0.2) is 35.1 Å². The number of thioether (sulfide) groups is 1. The molecule has 2 N–H and O–H groups in total. The van der Waals surface area contributed by atoms with E-state index in [1.807, 2.05) is 24.5 Å². The molecule has 33 heavy (non-hydrogen) atoms. The molecule has 1 atom stereocenters. The summed E-state index contributed by atoms with van der Waals surface area (Å²) in [7, 11) is 0. The Morgan fingerprint density at radius 3 is 2.76 bits per heavy atom. The molecule has 1 aliphatic rings. The zero-order chi connectivity index (χ0) is 23.7. The van der Waals surface area contributed by atoms with Gasteiger partial charge in [-0.25, -0.2) is 0 Å². The van der Waals surface area contributed by atoms with Crippen molar-refractivity contribution in [3.63, 3.8) is 0 Å². The second-order valence-corrected chi connectivity index (χ2v) is 10.3. The fourth-order valence-corrected chi connectivity index (χ4v) is 5.14. The van der Waals surface area contributed by atoms with E-state index in [1.165, 1.54) is 25.3 Å². The van der Waals surface area contributed by atoms with Crippen LogP contribution >= 0.6 is 11.8 Å². The van der Waals surface area contributed by atoms with E-state index >= 15 is 0 Å². The Morgan fingerprint density at radius 2 is 2.00 bits per heavy atom. The molecule has 1 aliphatic carbocycles. The van der Waals surface area contributed by atoms with Crippen molar-refractivity contribution < 1.29 is 14.6 Å². The molecular formula is C26H38N2O4S. The number of hydrogen-bond donors (Lipinski definition) is 2. The summed E-state index contributed by atoms with van der Waals surface area (Å²) in [6, 6.07) is 8.88. The molecule has 1 aromatic carbocycles. The highest BCUT2D eigenvalue weighted by Gasteiger charge is 2.34. The Kier molecular flexibility index (Phi) is 9.68. The van der Waals surface area contributed by atoms with E-state index in [4.69, 9.17) is 4.74 Å². The molecule has 1 saturated carbocycles. The average molecular weight is 475 g/mol. The summed E-state index contributed by atoms with van der Waals surface area (Å²) in [6.45, 7) is 2.98. The SMILES string of the molecule is CSCCC(C)(O)N(CC1CCCCC1)C(=O)CCCCOc1ccc2[nH]c(=O)ccc2c1. The molecular weight excluding hydrogens is 436 g/mol. The molecule has 182 valence electrons. The molecule has 1 aromatic heterocycles. The molecule has 0 spiro atoms. The topological polar surface area (TPSA) is 82.6 Å². The summed E-state index contributed by atoms with van der Waals surface area (Å²) in [5.41, 5.74) is -0.432. The number of aliphatic hydroxyl groups is 1. The smallest absolute Gasteiger partial charge is 0.248 e. The third kappa shape index (κ3) is 7.78. The summed E-state index contributed by atoms with van der Waals surface area (Å²) in [6.07, 6.45) is 10.5. The quantitative estimate of drug-likeness (QED) is 0.336. The van der Waals surface area contributed by atoms with E-state index in [9.17, 15) is 14.7 Å². The first-order chi connectivity index (χ1) is 15.9. The normalized spacial score (nSPS) is 16.5. The largest absolute Gasteiger partial charge is 0.494 e. The van der Waals surface area contributed by atoms with Crippen LogP contribution in [0.4, 0.5) is 0 Å². The molecule has 7 heteroatoms. The monoisotopic (exact) mass is 474 g/mol. The number of amides is 1. The van der Waals surface area contributed by atoms with Gasteiger partial charge in [0.2, 0.25) is 11.5 Å². The number of hydrogen-bond acceptors (Lipinski definition) is 5. The van der Waals surface area contributed by atoms with Crippen molar-refractivity contribution in [2.45, 2.75) is 70.4 Å². The zero-order valence-electron chi connectivity index (χ0n) is 20.0. The number of benzene rings is 1. The summed E-state index contributed by atoms with van der Waals surface area (Å²) < 4.78 is 5.86. The van der Waals surface area contributed by atoms with Crippen LogP contribution in [0.2, 0.25) is 0 Å².